The summed E-state index contributed by atoms with van der Waals surface area (Å²) in [7, 11) is 3.40. The van der Waals surface area contributed by atoms with Crippen LogP contribution < -0.4 is 5.32 Å². The fourth-order valence-electron chi connectivity index (χ4n) is 2.87. The molecule has 132 valence electrons. The van der Waals surface area contributed by atoms with Crippen LogP contribution in [0, 0.1) is 0 Å². The molecule has 0 aliphatic rings. The molecule has 1 N–H and O–H groups in total. The second-order valence-electron chi connectivity index (χ2n) is 6.27. The van der Waals surface area contributed by atoms with E-state index in [4.69, 9.17) is 4.74 Å². The van der Waals surface area contributed by atoms with Gasteiger partial charge in [0.1, 0.15) is 12.1 Å². The maximum absolute atomic E-state index is 13.2. The van der Waals surface area contributed by atoms with Crippen molar-refractivity contribution in [3.05, 3.63) is 36.3 Å². The maximum atomic E-state index is 13.2. The molecule has 0 aliphatic carbocycles. The third-order valence-electron chi connectivity index (χ3n) is 4.04. The minimum atomic E-state index is -0.0719. The highest BCUT2D eigenvalue weighted by Gasteiger charge is 2.24. The van der Waals surface area contributed by atoms with Gasteiger partial charge in [0.05, 0.1) is 23.1 Å². The van der Waals surface area contributed by atoms with Crippen molar-refractivity contribution in [1.82, 2.24) is 19.3 Å². The zero-order chi connectivity index (χ0) is 18.0. The van der Waals surface area contributed by atoms with Crippen LogP contribution in [0.3, 0.4) is 0 Å². The number of rotatable bonds is 6. The summed E-state index contributed by atoms with van der Waals surface area (Å²) in [4.78, 5) is 23.6. The number of amides is 1. The van der Waals surface area contributed by atoms with Gasteiger partial charge in [0, 0.05) is 32.9 Å². The van der Waals surface area contributed by atoms with E-state index < -0.39 is 0 Å². The number of likely N-dealkylation sites (N-methyl/N-ethyl adjacent to an activating group) is 1. The number of carbonyl (C=O) groups is 1. The number of aromatic nitrogens is 3. The maximum Gasteiger partial charge on any atom is 0.256 e. The second kappa shape index (κ2) is 7.06. The molecule has 0 fully saturated rings. The van der Waals surface area contributed by atoms with Crippen LogP contribution in [0.2, 0.25) is 0 Å². The highest BCUT2D eigenvalue weighted by Crippen LogP contribution is 2.31. The number of fused-ring (bicyclic) bond motifs is 3. The molecule has 7 nitrogen and oxygen atoms in total. The van der Waals surface area contributed by atoms with Crippen LogP contribution in [-0.2, 0) is 4.74 Å². The predicted octanol–water partition coefficient (Wildman–Crippen LogP) is 2.42. The Morgan fingerprint density at radius 3 is 2.88 bits per heavy atom. The Labute approximate surface area is 146 Å². The van der Waals surface area contributed by atoms with Gasteiger partial charge in [0.2, 0.25) is 0 Å². The summed E-state index contributed by atoms with van der Waals surface area (Å²) in [5.41, 5.74) is 2.15. The normalized spacial score (nSPS) is 11.4. The van der Waals surface area contributed by atoms with Crippen LogP contribution >= 0.6 is 0 Å². The van der Waals surface area contributed by atoms with E-state index in [1.807, 2.05) is 42.6 Å². The van der Waals surface area contributed by atoms with Crippen molar-refractivity contribution in [3.8, 4) is 0 Å². The van der Waals surface area contributed by atoms with Gasteiger partial charge in [0.15, 0.2) is 5.65 Å². The summed E-state index contributed by atoms with van der Waals surface area (Å²) < 4.78 is 7.03. The number of hydrogen-bond donors (Lipinski definition) is 1. The molecule has 0 saturated carbocycles. The van der Waals surface area contributed by atoms with Crippen LogP contribution in [0.15, 0.2) is 30.7 Å². The average Bonchev–Trinajstić information content (AvgIpc) is 2.94. The van der Waals surface area contributed by atoms with Gasteiger partial charge in [-0.15, -0.1) is 0 Å². The second-order valence-corrected chi connectivity index (χ2v) is 6.27. The molecule has 3 aromatic heterocycles. The number of hydrogen-bond acceptors (Lipinski definition) is 5. The molecule has 25 heavy (non-hydrogen) atoms. The van der Waals surface area contributed by atoms with Gasteiger partial charge >= 0.3 is 0 Å². The molecule has 0 aromatic carbocycles. The predicted molar refractivity (Wildman–Crippen MR) is 98.1 cm³/mol. The van der Waals surface area contributed by atoms with Crippen LogP contribution in [0.5, 0.6) is 0 Å². The highest BCUT2D eigenvalue weighted by atomic mass is 16.5. The lowest BCUT2D eigenvalue weighted by molar-refractivity contribution is 0.0748. The zero-order valence-electron chi connectivity index (χ0n) is 15.0. The van der Waals surface area contributed by atoms with Crippen LogP contribution in [0.4, 0.5) is 5.82 Å². The summed E-state index contributed by atoms with van der Waals surface area (Å²) in [6.45, 7) is 5.08. The lowest BCUT2D eigenvalue weighted by Gasteiger charge is -2.17. The summed E-state index contributed by atoms with van der Waals surface area (Å²) >= 11 is 0. The Bertz CT molecular complexity index is 903. The van der Waals surface area contributed by atoms with Crippen molar-refractivity contribution in [2.45, 2.75) is 19.9 Å². The lowest BCUT2D eigenvalue weighted by atomic mass is 10.1. The van der Waals surface area contributed by atoms with Crippen LogP contribution in [0.25, 0.3) is 16.6 Å². The first-order valence-electron chi connectivity index (χ1n) is 8.29. The van der Waals surface area contributed by atoms with Gasteiger partial charge < -0.3 is 19.4 Å². The van der Waals surface area contributed by atoms with E-state index in [0.29, 0.717) is 24.5 Å². The number of nitrogens with one attached hydrogen (secondary N) is 1. The number of anilines is 1. The Morgan fingerprint density at radius 2 is 2.16 bits per heavy atom. The van der Waals surface area contributed by atoms with Crippen molar-refractivity contribution in [3.63, 3.8) is 0 Å². The lowest BCUT2D eigenvalue weighted by Crippen LogP contribution is -2.30. The summed E-state index contributed by atoms with van der Waals surface area (Å²) in [6.07, 6.45) is 3.44. The summed E-state index contributed by atoms with van der Waals surface area (Å²) in [5, 5.41) is 4.07. The number of nitrogens with zero attached hydrogens (tertiary/aromatic N) is 4. The van der Waals surface area contributed by atoms with E-state index in [-0.39, 0.29) is 11.9 Å². The molecular formula is C18H23N5O2. The first-order chi connectivity index (χ1) is 12.0. The van der Waals surface area contributed by atoms with Crippen molar-refractivity contribution in [1.29, 1.82) is 0 Å². The number of carbonyl (C=O) groups excluding carboxylic acids is 1. The molecule has 3 rings (SSSR count). The van der Waals surface area contributed by atoms with Gasteiger partial charge in [-0.1, -0.05) is 6.07 Å². The molecular weight excluding hydrogens is 318 g/mol. The Kier molecular flexibility index (Phi) is 4.85. The van der Waals surface area contributed by atoms with Gasteiger partial charge in [-0.3, -0.25) is 4.79 Å². The summed E-state index contributed by atoms with van der Waals surface area (Å²) in [6, 6.07) is 5.96. The number of pyridine rings is 1. The topological polar surface area (TPSA) is 71.8 Å². The average molecular weight is 341 g/mol. The molecule has 0 atom stereocenters. The van der Waals surface area contributed by atoms with Crippen molar-refractivity contribution in [2.75, 3.05) is 32.6 Å². The third-order valence-corrected chi connectivity index (χ3v) is 4.04. The minimum Gasteiger partial charge on any atom is -0.383 e. The van der Waals surface area contributed by atoms with E-state index in [2.05, 4.69) is 15.3 Å². The quantitative estimate of drug-likeness (QED) is 0.745. The third kappa shape index (κ3) is 3.15. The first kappa shape index (κ1) is 17.2. The zero-order valence-corrected chi connectivity index (χ0v) is 15.0. The standard InChI is InChI=1S/C18H23N5O2/c1-12(2)21-16-15-14(18(24)22(3)9-10-25-4)13-7-5-6-8-23(13)17(15)20-11-19-16/h5-8,11-12H,9-10H2,1-4H3,(H,19,20,21). The van der Waals surface area contributed by atoms with Crippen LogP contribution in [0.1, 0.15) is 24.2 Å². The number of ether oxygens (including phenoxy) is 1. The van der Waals surface area contributed by atoms with E-state index >= 15 is 0 Å². The molecule has 0 aliphatic heterocycles. The molecule has 0 saturated heterocycles. The molecule has 0 radical (unpaired) electrons. The van der Waals surface area contributed by atoms with Crippen molar-refractivity contribution >= 4 is 28.3 Å². The number of methoxy groups -OCH3 is 1. The monoisotopic (exact) mass is 341 g/mol. The fraction of sp³-hybridized carbons (Fsp3) is 0.389. The van der Waals surface area contributed by atoms with Gasteiger partial charge in [-0.05, 0) is 26.0 Å². The molecule has 3 aromatic rings. The fourth-order valence-corrected chi connectivity index (χ4v) is 2.87. The first-order valence-corrected chi connectivity index (χ1v) is 8.29. The van der Waals surface area contributed by atoms with E-state index in [1.165, 1.54) is 6.33 Å². The van der Waals surface area contributed by atoms with E-state index in [0.717, 1.165) is 16.6 Å². The Hall–Kier alpha value is -2.67. The van der Waals surface area contributed by atoms with Gasteiger partial charge in [-0.25, -0.2) is 9.97 Å². The molecule has 1 amide bonds. The molecule has 0 bridgehead atoms. The van der Waals surface area contributed by atoms with Crippen molar-refractivity contribution < 1.29 is 9.53 Å². The van der Waals surface area contributed by atoms with Crippen molar-refractivity contribution in [2.24, 2.45) is 0 Å². The Morgan fingerprint density at radius 1 is 1.36 bits per heavy atom. The molecule has 3 heterocycles. The van der Waals surface area contributed by atoms with E-state index in [1.54, 1.807) is 19.1 Å². The van der Waals surface area contributed by atoms with Gasteiger partial charge in [-0.2, -0.15) is 0 Å². The largest absolute Gasteiger partial charge is 0.383 e. The smallest absolute Gasteiger partial charge is 0.256 e. The van der Waals surface area contributed by atoms with E-state index in [9.17, 15) is 4.79 Å². The minimum absolute atomic E-state index is 0.0719. The highest BCUT2D eigenvalue weighted by molar-refractivity contribution is 6.16. The summed E-state index contributed by atoms with van der Waals surface area (Å²) in [5.74, 6) is 0.601. The SMILES string of the molecule is COCCN(C)C(=O)c1c2c(NC(C)C)ncnc2n2ccccc12. The molecule has 0 unspecified atom stereocenters. The molecule has 7 heteroatoms. The Balaban J connectivity index is 2.24. The van der Waals surface area contributed by atoms with Gasteiger partial charge in [0.25, 0.3) is 5.91 Å². The van der Waals surface area contributed by atoms with Crippen LogP contribution in [-0.4, -0.2) is 58.5 Å². The molecule has 0 spiro atoms.